The highest BCUT2D eigenvalue weighted by molar-refractivity contribution is 5.85. The smallest absolute Gasteiger partial charge is 0.328 e. The van der Waals surface area contributed by atoms with E-state index in [-0.39, 0.29) is 0 Å². The van der Waals surface area contributed by atoms with Crippen molar-refractivity contribution < 1.29 is 9.90 Å². The van der Waals surface area contributed by atoms with Crippen LogP contribution in [0.1, 0.15) is 16.7 Å². The number of carboxylic acids is 1. The molecule has 0 aliphatic carbocycles. The molecule has 2 aromatic carbocycles. The van der Waals surface area contributed by atoms with Crippen molar-refractivity contribution in [2.45, 2.75) is 13.5 Å². The Morgan fingerprint density at radius 2 is 1.90 bits per heavy atom. The number of carbonyl (C=O) groups is 1. The predicted molar refractivity (Wildman–Crippen MR) is 86.4 cm³/mol. The van der Waals surface area contributed by atoms with E-state index in [9.17, 15) is 4.79 Å². The Labute approximate surface area is 125 Å². The Hall–Kier alpha value is -2.55. The lowest BCUT2D eigenvalue weighted by molar-refractivity contribution is -0.131. The van der Waals surface area contributed by atoms with Gasteiger partial charge in [0.05, 0.1) is 0 Å². The quantitative estimate of drug-likeness (QED) is 0.849. The highest BCUT2D eigenvalue weighted by atomic mass is 16.4. The second-order valence-electron chi connectivity index (χ2n) is 5.05. The van der Waals surface area contributed by atoms with Crippen LogP contribution < -0.4 is 4.90 Å². The van der Waals surface area contributed by atoms with E-state index >= 15 is 0 Å². The number of nitrogens with zero attached hydrogens (tertiary/aromatic N) is 1. The van der Waals surface area contributed by atoms with E-state index in [1.807, 2.05) is 37.3 Å². The van der Waals surface area contributed by atoms with Gasteiger partial charge in [0.15, 0.2) is 0 Å². The summed E-state index contributed by atoms with van der Waals surface area (Å²) in [6, 6.07) is 16.3. The lowest BCUT2D eigenvalue weighted by Gasteiger charge is -2.20. The van der Waals surface area contributed by atoms with Gasteiger partial charge in [-0.25, -0.2) is 4.79 Å². The van der Waals surface area contributed by atoms with Gasteiger partial charge >= 0.3 is 5.97 Å². The van der Waals surface area contributed by atoms with Crippen molar-refractivity contribution >= 4 is 17.7 Å². The van der Waals surface area contributed by atoms with Crippen molar-refractivity contribution in [3.8, 4) is 0 Å². The van der Waals surface area contributed by atoms with E-state index in [0.717, 1.165) is 29.4 Å². The van der Waals surface area contributed by atoms with Crippen molar-refractivity contribution in [1.29, 1.82) is 0 Å². The van der Waals surface area contributed by atoms with Gasteiger partial charge < -0.3 is 10.0 Å². The van der Waals surface area contributed by atoms with Crippen LogP contribution in [0, 0.1) is 6.92 Å². The highest BCUT2D eigenvalue weighted by Crippen LogP contribution is 2.20. The maximum atomic E-state index is 10.6. The predicted octanol–water partition coefficient (Wildman–Crippen LogP) is 3.73. The molecule has 108 valence electrons. The molecule has 0 heterocycles. The van der Waals surface area contributed by atoms with E-state index in [4.69, 9.17) is 5.11 Å². The molecule has 3 heteroatoms. The molecule has 0 saturated heterocycles. The summed E-state index contributed by atoms with van der Waals surface area (Å²) in [5.41, 5.74) is 4.36. The Morgan fingerprint density at radius 3 is 2.52 bits per heavy atom. The Balaban J connectivity index is 2.14. The van der Waals surface area contributed by atoms with E-state index in [1.165, 1.54) is 5.56 Å². The Morgan fingerprint density at radius 1 is 1.19 bits per heavy atom. The molecule has 0 aromatic heterocycles. The average molecular weight is 281 g/mol. The van der Waals surface area contributed by atoms with E-state index in [0.29, 0.717) is 0 Å². The first-order chi connectivity index (χ1) is 10.1. The van der Waals surface area contributed by atoms with E-state index in [2.05, 4.69) is 30.1 Å². The van der Waals surface area contributed by atoms with Gasteiger partial charge in [-0.3, -0.25) is 0 Å². The summed E-state index contributed by atoms with van der Waals surface area (Å²) in [5.74, 6) is -0.931. The molecule has 0 bridgehead atoms. The molecule has 0 aliphatic heterocycles. The van der Waals surface area contributed by atoms with Gasteiger partial charge in [0.25, 0.3) is 0 Å². The summed E-state index contributed by atoms with van der Waals surface area (Å²) in [5, 5.41) is 8.68. The van der Waals surface area contributed by atoms with Crippen LogP contribution in [0.25, 0.3) is 6.08 Å². The molecule has 0 aliphatic rings. The van der Waals surface area contributed by atoms with Gasteiger partial charge in [-0.15, -0.1) is 0 Å². The zero-order valence-corrected chi connectivity index (χ0v) is 12.3. The van der Waals surface area contributed by atoms with Gasteiger partial charge in [0.2, 0.25) is 0 Å². The average Bonchev–Trinajstić information content (AvgIpc) is 2.46. The molecule has 1 N–H and O–H groups in total. The monoisotopic (exact) mass is 281 g/mol. The normalized spacial score (nSPS) is 10.8. The zero-order chi connectivity index (χ0) is 15.2. The van der Waals surface area contributed by atoms with Crippen LogP contribution in [0.3, 0.4) is 0 Å². The molecule has 21 heavy (non-hydrogen) atoms. The van der Waals surface area contributed by atoms with Gasteiger partial charge in [-0.05, 0) is 41.8 Å². The minimum absolute atomic E-state index is 0.838. The van der Waals surface area contributed by atoms with Crippen LogP contribution >= 0.6 is 0 Å². The Bertz CT molecular complexity index is 648. The third-order valence-corrected chi connectivity index (χ3v) is 3.36. The lowest BCUT2D eigenvalue weighted by Crippen LogP contribution is -2.16. The van der Waals surface area contributed by atoms with Crippen LogP contribution in [0.15, 0.2) is 54.6 Å². The molecule has 0 amide bonds. The molecule has 2 aromatic rings. The van der Waals surface area contributed by atoms with Crippen LogP contribution in [0.2, 0.25) is 0 Å². The van der Waals surface area contributed by atoms with E-state index in [1.54, 1.807) is 6.08 Å². The van der Waals surface area contributed by atoms with E-state index < -0.39 is 5.97 Å². The Kier molecular flexibility index (Phi) is 4.77. The second kappa shape index (κ2) is 6.75. The number of hydrogen-bond acceptors (Lipinski definition) is 2. The standard InChI is InChI=1S/C18H19NO2/c1-14-12-17(10-8-16(14)9-11-18(20)21)19(2)13-15-6-4-3-5-7-15/h3-12H,13H2,1-2H3,(H,20,21). The molecule has 0 saturated carbocycles. The summed E-state index contributed by atoms with van der Waals surface area (Å²) in [6.45, 7) is 2.83. The third-order valence-electron chi connectivity index (χ3n) is 3.36. The fraction of sp³-hybridized carbons (Fsp3) is 0.167. The SMILES string of the molecule is Cc1cc(N(C)Cc2ccccc2)ccc1C=CC(=O)O. The number of benzene rings is 2. The van der Waals surface area contributed by atoms with Crippen LogP contribution in [-0.2, 0) is 11.3 Å². The number of hydrogen-bond donors (Lipinski definition) is 1. The number of aryl methyl sites for hydroxylation is 1. The summed E-state index contributed by atoms with van der Waals surface area (Å²) in [6.07, 6.45) is 2.79. The number of aliphatic carboxylic acids is 1. The zero-order valence-electron chi connectivity index (χ0n) is 12.3. The third kappa shape index (κ3) is 4.21. The molecule has 0 spiro atoms. The van der Waals surface area contributed by atoms with Crippen molar-refractivity contribution in [2.24, 2.45) is 0 Å². The molecule has 0 atom stereocenters. The maximum Gasteiger partial charge on any atom is 0.328 e. The summed E-state index contributed by atoms with van der Waals surface area (Å²) >= 11 is 0. The van der Waals surface area contributed by atoms with Gasteiger partial charge in [0.1, 0.15) is 0 Å². The highest BCUT2D eigenvalue weighted by Gasteiger charge is 2.04. The molecule has 0 fully saturated rings. The topological polar surface area (TPSA) is 40.5 Å². The molecule has 0 unspecified atom stereocenters. The van der Waals surface area contributed by atoms with Crippen molar-refractivity contribution in [3.05, 3.63) is 71.3 Å². The molecular weight excluding hydrogens is 262 g/mol. The minimum atomic E-state index is -0.931. The number of carboxylic acid groups (broad SMARTS) is 1. The second-order valence-corrected chi connectivity index (χ2v) is 5.05. The van der Waals surface area contributed by atoms with Crippen LogP contribution in [0.5, 0.6) is 0 Å². The summed E-state index contributed by atoms with van der Waals surface area (Å²) < 4.78 is 0. The number of rotatable bonds is 5. The van der Waals surface area contributed by atoms with Crippen molar-refractivity contribution in [2.75, 3.05) is 11.9 Å². The largest absolute Gasteiger partial charge is 0.478 e. The maximum absolute atomic E-state index is 10.6. The summed E-state index contributed by atoms with van der Waals surface area (Å²) in [4.78, 5) is 12.7. The van der Waals surface area contributed by atoms with Crippen molar-refractivity contribution in [1.82, 2.24) is 0 Å². The molecule has 0 radical (unpaired) electrons. The lowest BCUT2D eigenvalue weighted by atomic mass is 10.1. The number of anilines is 1. The first-order valence-electron chi connectivity index (χ1n) is 6.83. The van der Waals surface area contributed by atoms with Gasteiger partial charge in [-0.2, -0.15) is 0 Å². The first kappa shape index (κ1) is 14.9. The van der Waals surface area contributed by atoms with Gasteiger partial charge in [-0.1, -0.05) is 36.4 Å². The molecule has 3 nitrogen and oxygen atoms in total. The van der Waals surface area contributed by atoms with Crippen LogP contribution in [0.4, 0.5) is 5.69 Å². The van der Waals surface area contributed by atoms with Gasteiger partial charge in [0, 0.05) is 25.4 Å². The first-order valence-corrected chi connectivity index (χ1v) is 6.83. The van der Waals surface area contributed by atoms with Crippen LogP contribution in [-0.4, -0.2) is 18.1 Å². The fourth-order valence-electron chi connectivity index (χ4n) is 2.19. The summed E-state index contributed by atoms with van der Waals surface area (Å²) in [7, 11) is 2.05. The fourth-order valence-corrected chi connectivity index (χ4v) is 2.19. The molecule has 2 rings (SSSR count). The minimum Gasteiger partial charge on any atom is -0.478 e. The molecular formula is C18H19NO2. The van der Waals surface area contributed by atoms with Crippen molar-refractivity contribution in [3.63, 3.8) is 0 Å².